The molecule has 6 heteroatoms. The molecule has 1 aliphatic heterocycles. The van der Waals surface area contributed by atoms with Gasteiger partial charge in [0.15, 0.2) is 6.10 Å². The maximum atomic E-state index is 12.8. The normalized spacial score (nSPS) is 14.6. The van der Waals surface area contributed by atoms with E-state index in [1.165, 1.54) is 5.56 Å². The van der Waals surface area contributed by atoms with Crippen molar-refractivity contribution in [1.82, 2.24) is 10.2 Å². The van der Waals surface area contributed by atoms with Crippen molar-refractivity contribution in [2.24, 2.45) is 0 Å². The lowest BCUT2D eigenvalue weighted by molar-refractivity contribution is -0.122. The number of anilines is 1. The maximum Gasteiger partial charge on any atom is 0.265 e. The summed E-state index contributed by atoms with van der Waals surface area (Å²) in [4.78, 5) is 27.8. The van der Waals surface area contributed by atoms with E-state index in [2.05, 4.69) is 42.5 Å². The van der Waals surface area contributed by atoms with E-state index in [0.29, 0.717) is 30.3 Å². The van der Waals surface area contributed by atoms with Gasteiger partial charge in [0.1, 0.15) is 5.75 Å². The average molecular weight is 458 g/mol. The summed E-state index contributed by atoms with van der Waals surface area (Å²) >= 11 is 0. The molecule has 0 aliphatic carbocycles. The minimum absolute atomic E-state index is 0.187. The molecule has 0 radical (unpaired) electrons. The number of amides is 2. The Kier molecular flexibility index (Phi) is 7.28. The van der Waals surface area contributed by atoms with Gasteiger partial charge >= 0.3 is 0 Å². The molecule has 2 N–H and O–H groups in total. The molecular formula is C28H31N3O3. The van der Waals surface area contributed by atoms with Crippen molar-refractivity contribution in [3.05, 3.63) is 95.1 Å². The summed E-state index contributed by atoms with van der Waals surface area (Å²) in [5.41, 5.74) is 4.36. The number of rotatable bonds is 8. The predicted octanol–water partition coefficient (Wildman–Crippen LogP) is 4.40. The zero-order valence-electron chi connectivity index (χ0n) is 19.9. The van der Waals surface area contributed by atoms with Gasteiger partial charge in [-0.2, -0.15) is 0 Å². The van der Waals surface area contributed by atoms with Crippen LogP contribution in [0.25, 0.3) is 0 Å². The molecule has 176 valence electrons. The number of carbonyl (C=O) groups is 2. The van der Waals surface area contributed by atoms with Crippen LogP contribution in [0.3, 0.4) is 0 Å². The minimum atomic E-state index is -0.574. The number of ether oxygens (including phenoxy) is 1. The molecule has 0 saturated heterocycles. The molecule has 1 aliphatic rings. The Morgan fingerprint density at radius 1 is 1.00 bits per heavy atom. The Morgan fingerprint density at radius 3 is 2.50 bits per heavy atom. The number of hydrogen-bond donors (Lipinski definition) is 2. The van der Waals surface area contributed by atoms with Crippen LogP contribution in [-0.4, -0.2) is 35.9 Å². The number of carbonyl (C=O) groups excluding carboxylic acids is 2. The van der Waals surface area contributed by atoms with Crippen LogP contribution in [0, 0.1) is 0 Å². The maximum absolute atomic E-state index is 12.8. The smallest absolute Gasteiger partial charge is 0.265 e. The molecule has 1 atom stereocenters. The number of nitrogens with one attached hydrogen (secondary N) is 2. The van der Waals surface area contributed by atoms with Gasteiger partial charge in [-0.05, 0) is 61.9 Å². The van der Waals surface area contributed by atoms with E-state index in [1.54, 1.807) is 24.3 Å². The molecule has 2 amide bonds. The van der Waals surface area contributed by atoms with Crippen LogP contribution >= 0.6 is 0 Å². The number of hydrogen-bond acceptors (Lipinski definition) is 4. The van der Waals surface area contributed by atoms with Crippen molar-refractivity contribution in [3.63, 3.8) is 0 Å². The Morgan fingerprint density at radius 2 is 1.74 bits per heavy atom. The van der Waals surface area contributed by atoms with Gasteiger partial charge in [-0.1, -0.05) is 48.5 Å². The highest BCUT2D eigenvalue weighted by molar-refractivity contribution is 5.98. The molecule has 3 aromatic rings. The number of nitrogens with zero attached hydrogens (tertiary/aromatic N) is 1. The first-order chi connectivity index (χ1) is 16.4. The van der Waals surface area contributed by atoms with Crippen molar-refractivity contribution in [2.45, 2.75) is 45.5 Å². The SMILES string of the molecule is CC(C)N(C)Cc1ccccc1CNC(=O)c1cccc(NC(=O)C2Cc3ccccc3O2)c1. The van der Waals surface area contributed by atoms with Gasteiger partial charge in [0.2, 0.25) is 0 Å². The van der Waals surface area contributed by atoms with E-state index in [1.807, 2.05) is 42.5 Å². The van der Waals surface area contributed by atoms with Crippen LogP contribution < -0.4 is 15.4 Å². The molecular weight excluding hydrogens is 426 g/mol. The minimum Gasteiger partial charge on any atom is -0.480 e. The van der Waals surface area contributed by atoms with Crippen molar-refractivity contribution < 1.29 is 14.3 Å². The summed E-state index contributed by atoms with van der Waals surface area (Å²) in [5.74, 6) is 0.334. The van der Waals surface area contributed by atoms with Gasteiger partial charge in [-0.25, -0.2) is 0 Å². The van der Waals surface area contributed by atoms with Crippen molar-refractivity contribution in [2.75, 3.05) is 12.4 Å². The highest BCUT2D eigenvalue weighted by Crippen LogP contribution is 2.28. The Labute approximate surface area is 200 Å². The lowest BCUT2D eigenvalue weighted by atomic mass is 10.1. The first-order valence-corrected chi connectivity index (χ1v) is 11.6. The molecule has 0 saturated carbocycles. The second kappa shape index (κ2) is 10.5. The Balaban J connectivity index is 1.36. The van der Waals surface area contributed by atoms with E-state index in [0.717, 1.165) is 23.4 Å². The van der Waals surface area contributed by atoms with E-state index in [4.69, 9.17) is 4.74 Å². The highest BCUT2D eigenvalue weighted by Gasteiger charge is 2.28. The van der Waals surface area contributed by atoms with E-state index >= 15 is 0 Å². The largest absolute Gasteiger partial charge is 0.480 e. The summed E-state index contributed by atoms with van der Waals surface area (Å²) in [6.45, 7) is 5.58. The van der Waals surface area contributed by atoms with E-state index < -0.39 is 6.10 Å². The fourth-order valence-corrected chi connectivity index (χ4v) is 3.90. The third-order valence-electron chi connectivity index (χ3n) is 6.19. The second-order valence-corrected chi connectivity index (χ2v) is 8.95. The molecule has 0 aromatic heterocycles. The first-order valence-electron chi connectivity index (χ1n) is 11.6. The summed E-state index contributed by atoms with van der Waals surface area (Å²) in [6, 6.07) is 23.2. The van der Waals surface area contributed by atoms with Crippen LogP contribution in [0.2, 0.25) is 0 Å². The second-order valence-electron chi connectivity index (χ2n) is 8.95. The van der Waals surface area contributed by atoms with Gasteiger partial charge in [0.25, 0.3) is 11.8 Å². The van der Waals surface area contributed by atoms with Crippen LogP contribution in [0.5, 0.6) is 5.75 Å². The van der Waals surface area contributed by atoms with Gasteiger partial charge < -0.3 is 15.4 Å². The van der Waals surface area contributed by atoms with Gasteiger partial charge in [0, 0.05) is 36.8 Å². The van der Waals surface area contributed by atoms with Crippen molar-refractivity contribution >= 4 is 17.5 Å². The summed E-state index contributed by atoms with van der Waals surface area (Å²) in [7, 11) is 2.09. The fraction of sp³-hybridized carbons (Fsp3) is 0.286. The lowest BCUT2D eigenvalue weighted by Crippen LogP contribution is -2.31. The Hall–Kier alpha value is -3.64. The molecule has 1 unspecified atom stereocenters. The molecule has 6 nitrogen and oxygen atoms in total. The Bertz CT molecular complexity index is 1150. The van der Waals surface area contributed by atoms with E-state index in [-0.39, 0.29) is 11.8 Å². The van der Waals surface area contributed by atoms with Crippen LogP contribution in [0.4, 0.5) is 5.69 Å². The summed E-state index contributed by atoms with van der Waals surface area (Å²) in [6.07, 6.45) is -0.0384. The topological polar surface area (TPSA) is 70.7 Å². The number of fused-ring (bicyclic) bond motifs is 1. The third kappa shape index (κ3) is 5.64. The first kappa shape index (κ1) is 23.5. The molecule has 1 heterocycles. The molecule has 0 bridgehead atoms. The highest BCUT2D eigenvalue weighted by atomic mass is 16.5. The zero-order chi connectivity index (χ0) is 24.1. The van der Waals surface area contributed by atoms with Crippen LogP contribution in [0.15, 0.2) is 72.8 Å². The van der Waals surface area contributed by atoms with Crippen molar-refractivity contribution in [3.8, 4) is 5.75 Å². The van der Waals surface area contributed by atoms with Crippen molar-refractivity contribution in [1.29, 1.82) is 0 Å². The van der Waals surface area contributed by atoms with Crippen LogP contribution in [0.1, 0.15) is 40.9 Å². The lowest BCUT2D eigenvalue weighted by Gasteiger charge is -2.22. The number of para-hydroxylation sites is 1. The van der Waals surface area contributed by atoms with E-state index in [9.17, 15) is 9.59 Å². The standard InChI is InChI=1S/C28H31N3O3/c1-19(2)31(3)18-23-11-5-4-10-22(23)17-29-27(32)21-12-8-13-24(15-21)30-28(33)26-16-20-9-6-7-14-25(20)34-26/h4-15,19,26H,16-18H2,1-3H3,(H,29,32)(H,30,33). The van der Waals surface area contributed by atoms with Gasteiger partial charge in [-0.3, -0.25) is 14.5 Å². The monoisotopic (exact) mass is 457 g/mol. The molecule has 4 rings (SSSR count). The molecule has 3 aromatic carbocycles. The zero-order valence-corrected chi connectivity index (χ0v) is 19.9. The molecule has 0 spiro atoms. The van der Waals surface area contributed by atoms with Crippen LogP contribution in [-0.2, 0) is 24.3 Å². The summed E-state index contributed by atoms with van der Waals surface area (Å²) < 4.78 is 5.76. The fourth-order valence-electron chi connectivity index (χ4n) is 3.90. The van der Waals surface area contributed by atoms with Gasteiger partial charge in [-0.15, -0.1) is 0 Å². The van der Waals surface area contributed by atoms with Gasteiger partial charge in [0.05, 0.1) is 0 Å². The molecule has 0 fully saturated rings. The number of benzene rings is 3. The average Bonchev–Trinajstić information content (AvgIpc) is 3.28. The quantitative estimate of drug-likeness (QED) is 0.526. The molecule has 34 heavy (non-hydrogen) atoms. The third-order valence-corrected chi connectivity index (χ3v) is 6.19. The predicted molar refractivity (Wildman–Crippen MR) is 134 cm³/mol. The summed E-state index contributed by atoms with van der Waals surface area (Å²) in [5, 5.41) is 5.89.